The van der Waals surface area contributed by atoms with Gasteiger partial charge in [0, 0.05) is 12.6 Å². The molecule has 0 unspecified atom stereocenters. The van der Waals surface area contributed by atoms with Crippen LogP contribution in [-0.2, 0) is 19.1 Å². The third-order valence-electron chi connectivity index (χ3n) is 3.77. The smallest absolute Gasteiger partial charge is 0.416 e. The van der Waals surface area contributed by atoms with E-state index in [0.29, 0.717) is 0 Å². The molecule has 0 saturated heterocycles. The van der Waals surface area contributed by atoms with Crippen molar-refractivity contribution in [3.63, 3.8) is 0 Å². The molecular formula is C18H20F3NO. The van der Waals surface area contributed by atoms with E-state index in [0.717, 1.165) is 24.5 Å². The summed E-state index contributed by atoms with van der Waals surface area (Å²) in [7, 11) is 0. The van der Waals surface area contributed by atoms with Crippen molar-refractivity contribution in [1.29, 1.82) is 0 Å². The van der Waals surface area contributed by atoms with Gasteiger partial charge in [-0.3, -0.25) is 0 Å². The summed E-state index contributed by atoms with van der Waals surface area (Å²) < 4.78 is 38.8. The van der Waals surface area contributed by atoms with Crippen LogP contribution in [0.1, 0.15) is 30.0 Å². The van der Waals surface area contributed by atoms with Crippen LogP contribution in [-0.4, -0.2) is 11.1 Å². The van der Waals surface area contributed by atoms with E-state index in [-0.39, 0.29) is 23.9 Å². The maximum atomic E-state index is 12.9. The number of rotatable bonds is 6. The normalized spacial score (nSPS) is 13.0. The Kier molecular flexibility index (Phi) is 5.66. The number of aromatic hydroxyl groups is 1. The molecule has 0 aliphatic heterocycles. The maximum Gasteiger partial charge on any atom is 0.416 e. The van der Waals surface area contributed by atoms with Crippen molar-refractivity contribution in [3.8, 4) is 5.75 Å². The fraction of sp³-hybridized carbons (Fsp3) is 0.333. The number of phenolic OH excluding ortho intramolecular Hbond substituents is 1. The van der Waals surface area contributed by atoms with Crippen molar-refractivity contribution >= 4 is 0 Å². The summed E-state index contributed by atoms with van der Waals surface area (Å²) in [5.74, 6) is 0.226. The summed E-state index contributed by atoms with van der Waals surface area (Å²) in [6.07, 6.45) is -2.72. The molecule has 0 saturated carbocycles. The Morgan fingerprint density at radius 3 is 2.35 bits per heavy atom. The second-order valence-corrected chi connectivity index (χ2v) is 5.64. The fourth-order valence-corrected chi connectivity index (χ4v) is 2.38. The summed E-state index contributed by atoms with van der Waals surface area (Å²) in [6, 6.07) is 12.7. The van der Waals surface area contributed by atoms with Gasteiger partial charge >= 0.3 is 6.18 Å². The van der Waals surface area contributed by atoms with E-state index in [1.165, 1.54) is 12.1 Å². The summed E-state index contributed by atoms with van der Waals surface area (Å²) in [4.78, 5) is 0. The lowest BCUT2D eigenvalue weighted by Crippen LogP contribution is -2.27. The van der Waals surface area contributed by atoms with E-state index in [1.54, 1.807) is 18.2 Å². The van der Waals surface area contributed by atoms with Crippen LogP contribution in [0.25, 0.3) is 0 Å². The highest BCUT2D eigenvalue weighted by atomic mass is 19.4. The van der Waals surface area contributed by atoms with Gasteiger partial charge in [-0.2, -0.15) is 13.2 Å². The van der Waals surface area contributed by atoms with Gasteiger partial charge in [-0.25, -0.2) is 0 Å². The lowest BCUT2D eigenvalue weighted by atomic mass is 10.0. The molecule has 2 aromatic rings. The number of hydrogen-bond donors (Lipinski definition) is 2. The number of phenols is 1. The molecule has 0 heterocycles. The monoisotopic (exact) mass is 323 g/mol. The Balaban J connectivity index is 1.87. The molecule has 2 rings (SSSR count). The van der Waals surface area contributed by atoms with Gasteiger partial charge in [0.25, 0.3) is 0 Å². The molecule has 2 nitrogen and oxygen atoms in total. The highest BCUT2D eigenvalue weighted by Crippen LogP contribution is 2.31. The predicted molar refractivity (Wildman–Crippen MR) is 84.2 cm³/mol. The van der Waals surface area contributed by atoms with Gasteiger partial charge in [-0.05, 0) is 49.1 Å². The Hall–Kier alpha value is -2.01. The summed E-state index contributed by atoms with van der Waals surface area (Å²) in [5, 5.41) is 12.4. The topological polar surface area (TPSA) is 32.3 Å². The molecule has 0 spiro atoms. The quantitative estimate of drug-likeness (QED) is 0.819. The number of alkyl halides is 3. The highest BCUT2D eigenvalue weighted by Gasteiger charge is 2.32. The van der Waals surface area contributed by atoms with E-state index in [2.05, 4.69) is 5.32 Å². The molecule has 0 radical (unpaired) electrons. The minimum atomic E-state index is -4.33. The Morgan fingerprint density at radius 2 is 1.70 bits per heavy atom. The van der Waals surface area contributed by atoms with E-state index in [1.807, 2.05) is 19.1 Å². The molecule has 0 bridgehead atoms. The van der Waals surface area contributed by atoms with Crippen molar-refractivity contribution in [2.45, 2.75) is 38.5 Å². The van der Waals surface area contributed by atoms with Gasteiger partial charge < -0.3 is 10.4 Å². The molecule has 0 amide bonds. The van der Waals surface area contributed by atoms with Crippen LogP contribution in [0.15, 0.2) is 48.5 Å². The minimum Gasteiger partial charge on any atom is -0.508 e. The van der Waals surface area contributed by atoms with Gasteiger partial charge in [0.1, 0.15) is 5.75 Å². The van der Waals surface area contributed by atoms with Crippen molar-refractivity contribution in [1.82, 2.24) is 5.32 Å². The van der Waals surface area contributed by atoms with Gasteiger partial charge in [-0.15, -0.1) is 0 Å². The first-order valence-electron chi connectivity index (χ1n) is 7.52. The number of nitrogens with one attached hydrogen (secondary N) is 1. The number of aryl methyl sites for hydroxylation is 1. The first-order valence-corrected chi connectivity index (χ1v) is 7.52. The second kappa shape index (κ2) is 7.51. The van der Waals surface area contributed by atoms with Crippen LogP contribution in [0, 0.1) is 0 Å². The zero-order valence-corrected chi connectivity index (χ0v) is 12.9. The van der Waals surface area contributed by atoms with E-state index in [9.17, 15) is 18.3 Å². The van der Waals surface area contributed by atoms with Crippen LogP contribution in [0.2, 0.25) is 0 Å². The van der Waals surface area contributed by atoms with Crippen molar-refractivity contribution < 1.29 is 18.3 Å². The van der Waals surface area contributed by atoms with Crippen LogP contribution in [0.5, 0.6) is 5.75 Å². The first-order chi connectivity index (χ1) is 10.9. The Labute approximate surface area is 134 Å². The molecule has 2 aromatic carbocycles. The molecule has 0 aromatic heterocycles. The zero-order chi connectivity index (χ0) is 16.9. The largest absolute Gasteiger partial charge is 0.508 e. The third kappa shape index (κ3) is 5.28. The third-order valence-corrected chi connectivity index (χ3v) is 3.77. The summed E-state index contributed by atoms with van der Waals surface area (Å²) >= 11 is 0. The predicted octanol–water partition coefficient (Wildman–Crippen LogP) is 4.52. The van der Waals surface area contributed by atoms with Crippen LogP contribution >= 0.6 is 0 Å². The lowest BCUT2D eigenvalue weighted by molar-refractivity contribution is -0.138. The molecule has 23 heavy (non-hydrogen) atoms. The van der Waals surface area contributed by atoms with Crippen molar-refractivity contribution in [2.75, 3.05) is 0 Å². The SMILES string of the molecule is C[C@H](CCc1ccc(O)cc1)NCc1ccccc1C(F)(F)F. The maximum absolute atomic E-state index is 12.9. The minimum absolute atomic E-state index is 0.0880. The second-order valence-electron chi connectivity index (χ2n) is 5.64. The lowest BCUT2D eigenvalue weighted by Gasteiger charge is -2.17. The van der Waals surface area contributed by atoms with Crippen LogP contribution in [0.3, 0.4) is 0 Å². The van der Waals surface area contributed by atoms with Crippen LogP contribution in [0.4, 0.5) is 13.2 Å². The van der Waals surface area contributed by atoms with Crippen molar-refractivity contribution in [2.24, 2.45) is 0 Å². The molecule has 1 atom stereocenters. The molecule has 0 fully saturated rings. The number of halogens is 3. The van der Waals surface area contributed by atoms with E-state index >= 15 is 0 Å². The molecule has 0 aliphatic rings. The average Bonchev–Trinajstić information content (AvgIpc) is 2.52. The van der Waals surface area contributed by atoms with Crippen molar-refractivity contribution in [3.05, 3.63) is 65.2 Å². The summed E-state index contributed by atoms with van der Waals surface area (Å²) in [5.41, 5.74) is 0.766. The van der Waals surface area contributed by atoms with E-state index < -0.39 is 11.7 Å². The fourth-order valence-electron chi connectivity index (χ4n) is 2.38. The standard InChI is InChI=1S/C18H20F3NO/c1-13(6-7-14-8-10-16(23)11-9-14)22-12-15-4-2-3-5-17(15)18(19,20)21/h2-5,8-11,13,22-23H,6-7,12H2,1H3/t13-/m1/s1. The molecule has 2 N–H and O–H groups in total. The van der Waals surface area contributed by atoms with Gasteiger partial charge in [0.05, 0.1) is 5.56 Å². The molecule has 0 aliphatic carbocycles. The first kappa shape index (κ1) is 17.3. The van der Waals surface area contributed by atoms with Gasteiger partial charge in [0.15, 0.2) is 0 Å². The molecular weight excluding hydrogens is 303 g/mol. The van der Waals surface area contributed by atoms with Crippen LogP contribution < -0.4 is 5.32 Å². The van der Waals surface area contributed by atoms with Gasteiger partial charge in [0.2, 0.25) is 0 Å². The Bertz CT molecular complexity index is 623. The Morgan fingerprint density at radius 1 is 1.04 bits per heavy atom. The number of hydrogen-bond acceptors (Lipinski definition) is 2. The number of benzene rings is 2. The highest BCUT2D eigenvalue weighted by molar-refractivity contribution is 5.29. The van der Waals surface area contributed by atoms with Gasteiger partial charge in [-0.1, -0.05) is 30.3 Å². The van der Waals surface area contributed by atoms with E-state index in [4.69, 9.17) is 0 Å². The summed E-state index contributed by atoms with van der Waals surface area (Å²) in [6.45, 7) is 2.14. The molecule has 124 valence electrons. The molecule has 5 heteroatoms. The average molecular weight is 323 g/mol. The zero-order valence-electron chi connectivity index (χ0n) is 12.9.